The second kappa shape index (κ2) is 1.95. The summed E-state index contributed by atoms with van der Waals surface area (Å²) >= 11 is 0. The first kappa shape index (κ1) is 5.91. The fourth-order valence-electron chi connectivity index (χ4n) is 0.677. The maximum absolute atomic E-state index is 7.12. The number of nitrogens with two attached hydrogens (primary N) is 2. The third kappa shape index (κ3) is 1.33. The van der Waals surface area contributed by atoms with E-state index in [0.29, 0.717) is 17.1 Å². The predicted octanol–water partition coefficient (Wildman–Crippen LogP) is -0.704. The molecular formula is C6H8N3+. The standard InChI is InChI=1S/C6H8N3/c7-4-1-5(8)3-6(9)2-4/h1-3,7H,8-9H2/q+1. The molecule has 0 aromatic heterocycles. The number of rotatable bonds is 0. The highest BCUT2D eigenvalue weighted by Crippen LogP contribution is 2.12. The van der Waals surface area contributed by atoms with E-state index in [4.69, 9.17) is 17.2 Å². The summed E-state index contributed by atoms with van der Waals surface area (Å²) in [7, 11) is 0. The van der Waals surface area contributed by atoms with E-state index in [0.717, 1.165) is 0 Å². The SMILES string of the molecule is [NH+]c1cc(N)cc(N)c1. The number of hydrogen-bond acceptors (Lipinski definition) is 2. The van der Waals surface area contributed by atoms with E-state index in [-0.39, 0.29) is 0 Å². The molecule has 0 aliphatic rings. The molecule has 0 atom stereocenters. The monoisotopic (exact) mass is 122 g/mol. The van der Waals surface area contributed by atoms with E-state index in [2.05, 4.69) is 0 Å². The lowest BCUT2D eigenvalue weighted by atomic mass is 10.2. The minimum absolute atomic E-state index is 0.354. The van der Waals surface area contributed by atoms with Crippen molar-refractivity contribution in [2.24, 2.45) is 0 Å². The Kier molecular flexibility index (Phi) is 1.28. The fourth-order valence-corrected chi connectivity index (χ4v) is 0.677. The Balaban J connectivity index is 3.17. The minimum Gasteiger partial charge on any atom is -0.398 e. The quantitative estimate of drug-likeness (QED) is 0.446. The molecule has 1 aromatic carbocycles. The molecule has 0 saturated carbocycles. The van der Waals surface area contributed by atoms with Gasteiger partial charge in [0.1, 0.15) is 0 Å². The van der Waals surface area contributed by atoms with Gasteiger partial charge in [-0.25, -0.2) is 0 Å². The van der Waals surface area contributed by atoms with Crippen LogP contribution in [-0.4, -0.2) is 0 Å². The van der Waals surface area contributed by atoms with E-state index in [1.165, 1.54) is 0 Å². The molecule has 0 unspecified atom stereocenters. The van der Waals surface area contributed by atoms with Gasteiger partial charge in [-0.3, -0.25) is 0 Å². The molecule has 0 amide bonds. The molecule has 0 bridgehead atoms. The third-order valence-electron chi connectivity index (χ3n) is 0.978. The van der Waals surface area contributed by atoms with Gasteiger partial charge in [0, 0.05) is 23.5 Å². The summed E-state index contributed by atoms with van der Waals surface area (Å²) in [5, 5.41) is 0. The molecule has 2 radical (unpaired) electrons. The summed E-state index contributed by atoms with van der Waals surface area (Å²) in [4.78, 5) is 0. The van der Waals surface area contributed by atoms with Crippen LogP contribution in [0.15, 0.2) is 18.2 Å². The Bertz CT molecular complexity index is 169. The van der Waals surface area contributed by atoms with Crippen LogP contribution < -0.4 is 17.2 Å². The number of nitrogen functional groups attached to an aromatic ring is 2. The van der Waals surface area contributed by atoms with Gasteiger partial charge in [0.2, 0.25) is 5.69 Å². The second-order valence-corrected chi connectivity index (χ2v) is 1.89. The van der Waals surface area contributed by atoms with Gasteiger partial charge in [0.05, 0.1) is 5.73 Å². The molecule has 0 fully saturated rings. The molecular weight excluding hydrogens is 114 g/mol. The van der Waals surface area contributed by atoms with Crippen molar-refractivity contribution in [3.8, 4) is 0 Å². The van der Waals surface area contributed by atoms with Crippen molar-refractivity contribution in [1.29, 1.82) is 0 Å². The van der Waals surface area contributed by atoms with Crippen LogP contribution in [0.25, 0.3) is 0 Å². The van der Waals surface area contributed by atoms with Gasteiger partial charge in [-0.05, 0) is 6.07 Å². The van der Waals surface area contributed by atoms with E-state index < -0.39 is 0 Å². The van der Waals surface area contributed by atoms with Crippen molar-refractivity contribution >= 4 is 17.1 Å². The van der Waals surface area contributed by atoms with E-state index in [1.807, 2.05) is 0 Å². The first-order valence-corrected chi connectivity index (χ1v) is 2.56. The van der Waals surface area contributed by atoms with Gasteiger partial charge in [0.25, 0.3) is 0 Å². The lowest BCUT2D eigenvalue weighted by molar-refractivity contribution is -0.254. The maximum atomic E-state index is 7.12. The molecule has 5 N–H and O–H groups in total. The van der Waals surface area contributed by atoms with Crippen LogP contribution >= 0.6 is 0 Å². The summed E-state index contributed by atoms with van der Waals surface area (Å²) in [5.74, 6) is 0. The summed E-state index contributed by atoms with van der Waals surface area (Å²) in [6.45, 7) is 0. The van der Waals surface area contributed by atoms with Crippen molar-refractivity contribution in [2.45, 2.75) is 0 Å². The zero-order valence-corrected chi connectivity index (χ0v) is 4.89. The van der Waals surface area contributed by atoms with Crippen molar-refractivity contribution in [1.82, 2.24) is 0 Å². The Morgan fingerprint density at radius 1 is 1.00 bits per heavy atom. The molecule has 1 aromatic rings. The highest BCUT2D eigenvalue weighted by atomic mass is 14.6. The largest absolute Gasteiger partial charge is 0.398 e. The third-order valence-corrected chi connectivity index (χ3v) is 0.978. The number of hydrogen-bond donors (Lipinski definition) is 2. The normalized spacial score (nSPS) is 9.44. The summed E-state index contributed by atoms with van der Waals surface area (Å²) < 4.78 is 0. The fraction of sp³-hybridized carbons (Fsp3) is 0. The van der Waals surface area contributed by atoms with Crippen LogP contribution in [0.2, 0.25) is 0 Å². The molecule has 3 nitrogen and oxygen atoms in total. The number of nitrogens with one attached hydrogen (secondary N) is 1. The predicted molar refractivity (Wildman–Crippen MR) is 35.9 cm³/mol. The van der Waals surface area contributed by atoms with Gasteiger partial charge in [-0.2, -0.15) is 0 Å². The average Bonchev–Trinajstić information content (AvgIpc) is 1.59. The van der Waals surface area contributed by atoms with Crippen molar-refractivity contribution in [2.75, 3.05) is 11.5 Å². The average molecular weight is 122 g/mol. The molecule has 9 heavy (non-hydrogen) atoms. The summed E-state index contributed by atoms with van der Waals surface area (Å²) in [5.41, 5.74) is 19.3. The van der Waals surface area contributed by atoms with Crippen LogP contribution in [0.4, 0.5) is 17.1 Å². The lowest BCUT2D eigenvalue weighted by Gasteiger charge is -1.91. The van der Waals surface area contributed by atoms with Crippen LogP contribution in [0.1, 0.15) is 0 Å². The molecule has 0 heterocycles. The molecule has 0 spiro atoms. The minimum atomic E-state index is 0.354. The Morgan fingerprint density at radius 2 is 1.44 bits per heavy atom. The topological polar surface area (TPSA) is 75.8 Å². The van der Waals surface area contributed by atoms with Crippen molar-refractivity contribution in [3.05, 3.63) is 18.2 Å². The van der Waals surface area contributed by atoms with E-state index >= 15 is 0 Å². The molecule has 0 saturated heterocycles. The zero-order chi connectivity index (χ0) is 6.85. The van der Waals surface area contributed by atoms with Crippen LogP contribution in [0.3, 0.4) is 0 Å². The van der Waals surface area contributed by atoms with Crippen LogP contribution in [0.5, 0.6) is 0 Å². The smallest absolute Gasteiger partial charge is 0.246 e. The van der Waals surface area contributed by atoms with Crippen LogP contribution in [0, 0.1) is 0 Å². The highest BCUT2D eigenvalue weighted by molar-refractivity contribution is 5.58. The Hall–Kier alpha value is -1.22. The van der Waals surface area contributed by atoms with Gasteiger partial charge in [0.15, 0.2) is 0 Å². The van der Waals surface area contributed by atoms with Crippen molar-refractivity contribution < 1.29 is 5.73 Å². The number of anilines is 2. The molecule has 1 rings (SSSR count). The first-order chi connectivity index (χ1) is 4.18. The Labute approximate surface area is 53.5 Å². The number of benzene rings is 1. The van der Waals surface area contributed by atoms with Gasteiger partial charge in [-0.15, -0.1) is 0 Å². The Morgan fingerprint density at radius 3 is 1.78 bits per heavy atom. The molecule has 46 valence electrons. The zero-order valence-electron chi connectivity index (χ0n) is 4.89. The highest BCUT2D eigenvalue weighted by Gasteiger charge is 1.97. The maximum Gasteiger partial charge on any atom is 0.246 e. The van der Waals surface area contributed by atoms with Gasteiger partial charge < -0.3 is 11.5 Å². The second-order valence-electron chi connectivity index (χ2n) is 1.89. The molecule has 3 heteroatoms. The van der Waals surface area contributed by atoms with Gasteiger partial charge in [-0.1, -0.05) is 0 Å². The van der Waals surface area contributed by atoms with E-state index in [9.17, 15) is 0 Å². The summed E-state index contributed by atoms with van der Waals surface area (Å²) in [6.07, 6.45) is 0. The van der Waals surface area contributed by atoms with Gasteiger partial charge >= 0.3 is 0 Å². The van der Waals surface area contributed by atoms with Crippen LogP contribution in [-0.2, 0) is 0 Å². The van der Waals surface area contributed by atoms with E-state index in [1.54, 1.807) is 18.2 Å². The summed E-state index contributed by atoms with van der Waals surface area (Å²) in [6, 6.07) is 4.73. The molecule has 0 aliphatic carbocycles. The first-order valence-electron chi connectivity index (χ1n) is 2.56. The van der Waals surface area contributed by atoms with Crippen molar-refractivity contribution in [3.63, 3.8) is 0 Å². The molecule has 0 aliphatic heterocycles. The lowest BCUT2D eigenvalue weighted by Crippen LogP contribution is -2.40.